The highest BCUT2D eigenvalue weighted by molar-refractivity contribution is 7.07. The minimum atomic E-state index is 0.108. The summed E-state index contributed by atoms with van der Waals surface area (Å²) in [4.78, 5) is 16.5. The largest absolute Gasteiger partial charge is 0.352 e. The lowest BCUT2D eigenvalue weighted by atomic mass is 9.96. The van der Waals surface area contributed by atoms with Crippen molar-refractivity contribution >= 4 is 17.2 Å². The van der Waals surface area contributed by atoms with E-state index < -0.39 is 0 Å². The second-order valence-electron chi connectivity index (χ2n) is 5.66. The summed E-state index contributed by atoms with van der Waals surface area (Å²) in [6.45, 7) is 4.48. The molecule has 1 aliphatic rings. The van der Waals surface area contributed by atoms with Gasteiger partial charge in [0.15, 0.2) is 0 Å². The van der Waals surface area contributed by atoms with Crippen LogP contribution in [0.2, 0.25) is 0 Å². The Labute approximate surface area is 135 Å². The van der Waals surface area contributed by atoms with Crippen LogP contribution in [0.5, 0.6) is 0 Å². The van der Waals surface area contributed by atoms with Gasteiger partial charge in [0.2, 0.25) is 5.91 Å². The summed E-state index contributed by atoms with van der Waals surface area (Å²) < 4.78 is 0. The predicted molar refractivity (Wildman–Crippen MR) is 88.9 cm³/mol. The molecule has 5 heteroatoms. The Kier molecular flexibility index (Phi) is 4.85. The van der Waals surface area contributed by atoms with E-state index in [0.29, 0.717) is 13.0 Å². The Bertz CT molecular complexity index is 652. The van der Waals surface area contributed by atoms with Crippen molar-refractivity contribution in [2.45, 2.75) is 39.3 Å². The first-order valence-corrected chi connectivity index (χ1v) is 8.63. The van der Waals surface area contributed by atoms with Gasteiger partial charge in [-0.1, -0.05) is 0 Å². The highest BCUT2D eigenvalue weighted by Crippen LogP contribution is 2.20. The molecule has 0 radical (unpaired) electrons. The van der Waals surface area contributed by atoms with Crippen molar-refractivity contribution in [2.75, 3.05) is 6.54 Å². The van der Waals surface area contributed by atoms with E-state index in [-0.39, 0.29) is 5.91 Å². The van der Waals surface area contributed by atoms with Crippen molar-refractivity contribution in [2.24, 2.45) is 0 Å². The Morgan fingerprint density at radius 1 is 1.50 bits per heavy atom. The summed E-state index contributed by atoms with van der Waals surface area (Å²) in [6, 6.07) is 2.08. The SMILES string of the molecule is Cc1ncc2c(c1CNC(=O)CCc1ccsc1)CCNC2. The number of carbonyl (C=O) groups excluding carboxylic acids is 1. The summed E-state index contributed by atoms with van der Waals surface area (Å²) in [5.74, 6) is 0.108. The summed E-state index contributed by atoms with van der Waals surface area (Å²) >= 11 is 1.67. The van der Waals surface area contributed by atoms with Crippen molar-refractivity contribution in [3.8, 4) is 0 Å². The van der Waals surface area contributed by atoms with Gasteiger partial charge >= 0.3 is 0 Å². The van der Waals surface area contributed by atoms with E-state index >= 15 is 0 Å². The molecule has 0 unspecified atom stereocenters. The molecule has 0 saturated carbocycles. The van der Waals surface area contributed by atoms with E-state index in [1.54, 1.807) is 11.3 Å². The number of fused-ring (bicyclic) bond motifs is 1. The lowest BCUT2D eigenvalue weighted by molar-refractivity contribution is -0.121. The number of carbonyl (C=O) groups is 1. The number of nitrogens with zero attached hydrogens (tertiary/aromatic N) is 1. The van der Waals surface area contributed by atoms with Crippen LogP contribution in [0.4, 0.5) is 0 Å². The van der Waals surface area contributed by atoms with Gasteiger partial charge in [-0.2, -0.15) is 11.3 Å². The minimum absolute atomic E-state index is 0.108. The minimum Gasteiger partial charge on any atom is -0.352 e. The fourth-order valence-corrected chi connectivity index (χ4v) is 3.55. The van der Waals surface area contributed by atoms with Crippen LogP contribution in [0, 0.1) is 6.92 Å². The number of aromatic nitrogens is 1. The van der Waals surface area contributed by atoms with Gasteiger partial charge in [-0.25, -0.2) is 0 Å². The highest BCUT2D eigenvalue weighted by Gasteiger charge is 2.16. The summed E-state index contributed by atoms with van der Waals surface area (Å²) in [7, 11) is 0. The van der Waals surface area contributed by atoms with Gasteiger partial charge < -0.3 is 10.6 Å². The molecule has 2 N–H and O–H groups in total. The highest BCUT2D eigenvalue weighted by atomic mass is 32.1. The van der Waals surface area contributed by atoms with Gasteiger partial charge in [-0.05, 0) is 65.4 Å². The molecule has 0 bridgehead atoms. The van der Waals surface area contributed by atoms with Crippen LogP contribution in [-0.4, -0.2) is 17.4 Å². The summed E-state index contributed by atoms with van der Waals surface area (Å²) in [6.07, 6.45) is 4.32. The van der Waals surface area contributed by atoms with Crippen molar-refractivity contribution < 1.29 is 4.79 Å². The molecule has 4 nitrogen and oxygen atoms in total. The van der Waals surface area contributed by atoms with E-state index in [4.69, 9.17) is 0 Å². The van der Waals surface area contributed by atoms with Gasteiger partial charge in [0.25, 0.3) is 0 Å². The van der Waals surface area contributed by atoms with E-state index in [1.807, 2.05) is 18.5 Å². The Hall–Kier alpha value is -1.72. The molecule has 0 aliphatic carbocycles. The standard InChI is InChI=1S/C17H21N3OS/c1-12-16(15-4-6-18-8-14(15)9-19-12)10-20-17(21)3-2-13-5-7-22-11-13/h5,7,9,11,18H,2-4,6,8,10H2,1H3,(H,20,21). The molecular weight excluding hydrogens is 294 g/mol. The summed E-state index contributed by atoms with van der Waals surface area (Å²) in [5, 5.41) is 10.6. The molecule has 0 atom stereocenters. The van der Waals surface area contributed by atoms with Crippen LogP contribution in [0.15, 0.2) is 23.0 Å². The van der Waals surface area contributed by atoms with Gasteiger partial charge in [-0.15, -0.1) is 0 Å². The molecule has 1 amide bonds. The number of hydrogen-bond acceptors (Lipinski definition) is 4. The number of aryl methyl sites for hydroxylation is 2. The number of rotatable bonds is 5. The molecule has 116 valence electrons. The Morgan fingerprint density at radius 2 is 2.41 bits per heavy atom. The number of pyridine rings is 1. The molecule has 3 rings (SSSR count). The number of thiophene rings is 1. The molecule has 0 aromatic carbocycles. The second-order valence-corrected chi connectivity index (χ2v) is 6.44. The zero-order chi connectivity index (χ0) is 15.4. The van der Waals surface area contributed by atoms with E-state index in [2.05, 4.69) is 27.1 Å². The maximum Gasteiger partial charge on any atom is 0.220 e. The monoisotopic (exact) mass is 315 g/mol. The van der Waals surface area contributed by atoms with Crippen LogP contribution in [0.3, 0.4) is 0 Å². The van der Waals surface area contributed by atoms with Gasteiger partial charge in [0.1, 0.15) is 0 Å². The zero-order valence-corrected chi connectivity index (χ0v) is 13.6. The molecule has 0 fully saturated rings. The molecular formula is C17H21N3OS. The third kappa shape index (κ3) is 3.54. The smallest absolute Gasteiger partial charge is 0.220 e. The predicted octanol–water partition coefficient (Wildman–Crippen LogP) is 2.35. The van der Waals surface area contributed by atoms with Crippen LogP contribution < -0.4 is 10.6 Å². The lowest BCUT2D eigenvalue weighted by Crippen LogP contribution is -2.28. The van der Waals surface area contributed by atoms with Crippen molar-refractivity contribution in [3.05, 3.63) is 51.0 Å². The topological polar surface area (TPSA) is 54.0 Å². The first kappa shape index (κ1) is 15.2. The third-order valence-corrected chi connectivity index (χ3v) is 4.89. The maximum atomic E-state index is 12.1. The van der Waals surface area contributed by atoms with E-state index in [1.165, 1.54) is 22.3 Å². The Balaban J connectivity index is 1.60. The lowest BCUT2D eigenvalue weighted by Gasteiger charge is -2.21. The molecule has 3 heterocycles. The molecule has 22 heavy (non-hydrogen) atoms. The van der Waals surface area contributed by atoms with E-state index in [9.17, 15) is 4.79 Å². The molecule has 1 aliphatic heterocycles. The average molecular weight is 315 g/mol. The van der Waals surface area contributed by atoms with Gasteiger partial charge in [0, 0.05) is 31.4 Å². The zero-order valence-electron chi connectivity index (χ0n) is 12.8. The maximum absolute atomic E-state index is 12.1. The third-order valence-electron chi connectivity index (χ3n) is 4.15. The average Bonchev–Trinajstić information content (AvgIpc) is 3.05. The second kappa shape index (κ2) is 7.03. The number of hydrogen-bond donors (Lipinski definition) is 2. The Morgan fingerprint density at radius 3 is 3.23 bits per heavy atom. The molecule has 2 aromatic rings. The molecule has 0 saturated heterocycles. The molecule has 0 spiro atoms. The van der Waals surface area contributed by atoms with Gasteiger partial charge in [-0.3, -0.25) is 9.78 Å². The van der Waals surface area contributed by atoms with Crippen molar-refractivity contribution in [1.29, 1.82) is 0 Å². The van der Waals surface area contributed by atoms with Crippen molar-refractivity contribution in [1.82, 2.24) is 15.6 Å². The normalized spacial score (nSPS) is 13.7. The first-order valence-electron chi connectivity index (χ1n) is 7.69. The first-order chi connectivity index (χ1) is 10.7. The quantitative estimate of drug-likeness (QED) is 0.890. The van der Waals surface area contributed by atoms with Crippen LogP contribution in [-0.2, 0) is 30.7 Å². The fraction of sp³-hybridized carbons (Fsp3) is 0.412. The van der Waals surface area contributed by atoms with Crippen molar-refractivity contribution in [3.63, 3.8) is 0 Å². The molecule has 2 aromatic heterocycles. The van der Waals surface area contributed by atoms with E-state index in [0.717, 1.165) is 31.6 Å². The van der Waals surface area contributed by atoms with Crippen LogP contribution >= 0.6 is 11.3 Å². The summed E-state index contributed by atoms with van der Waals surface area (Å²) in [5.41, 5.74) is 6.09. The van der Waals surface area contributed by atoms with Crippen LogP contribution in [0.1, 0.15) is 34.4 Å². The van der Waals surface area contributed by atoms with Gasteiger partial charge in [0.05, 0.1) is 0 Å². The number of nitrogens with one attached hydrogen (secondary N) is 2. The fourth-order valence-electron chi connectivity index (χ4n) is 2.85. The van der Waals surface area contributed by atoms with Crippen LogP contribution in [0.25, 0.3) is 0 Å². The number of amides is 1.